The number of fused-ring (bicyclic) bond motifs is 1. The van der Waals surface area contributed by atoms with Crippen molar-refractivity contribution in [3.8, 4) is 11.5 Å². The maximum atomic E-state index is 11.3. The summed E-state index contributed by atoms with van der Waals surface area (Å²) in [6, 6.07) is 0. The molecule has 0 radical (unpaired) electrons. The third-order valence-corrected chi connectivity index (χ3v) is 2.08. The summed E-state index contributed by atoms with van der Waals surface area (Å²) in [5, 5.41) is 0. The molecule has 72 valence electrons. The Morgan fingerprint density at radius 1 is 1.43 bits per heavy atom. The minimum atomic E-state index is -0.648. The second kappa shape index (κ2) is 2.76. The topological polar surface area (TPSA) is 80.6 Å². The first-order valence-corrected chi connectivity index (χ1v) is 4.02. The fourth-order valence-electron chi connectivity index (χ4n) is 1.20. The Balaban J connectivity index is 3.01. The number of aromatic amines is 1. The monoisotopic (exact) mass is 192 g/mol. The standard InChI is InChI=1S/C8H8N4O2/c1-4-3-9-5-6(12(4)2)10-8(14)11-7(5)13/h3H,1-2H3,(H,11,13,14). The van der Waals surface area contributed by atoms with Gasteiger partial charge in [-0.05, 0) is 6.92 Å². The molecule has 1 N–H and O–H groups in total. The molecule has 0 saturated carbocycles. The summed E-state index contributed by atoms with van der Waals surface area (Å²) in [6.45, 7) is 1.82. The van der Waals surface area contributed by atoms with Crippen molar-refractivity contribution in [1.82, 2.24) is 19.5 Å². The Hall–Kier alpha value is -1.98. The Morgan fingerprint density at radius 3 is 2.86 bits per heavy atom. The van der Waals surface area contributed by atoms with Crippen LogP contribution in [0, 0.1) is 6.92 Å². The average molecular weight is 192 g/mol. The van der Waals surface area contributed by atoms with Gasteiger partial charge in [-0.15, -0.1) is 0 Å². The van der Waals surface area contributed by atoms with Crippen LogP contribution >= 0.6 is 0 Å². The minimum Gasteiger partial charge on any atom is -0.330 e. The van der Waals surface area contributed by atoms with Crippen LogP contribution in [0.3, 0.4) is 0 Å². The molecule has 0 atom stereocenters. The van der Waals surface area contributed by atoms with Crippen LogP contribution in [0.2, 0.25) is 0 Å². The Bertz CT molecular complexity index is 569. The zero-order valence-electron chi connectivity index (χ0n) is 7.74. The number of hydrogen-bond donors (Lipinski definition) is 1. The average Bonchev–Trinajstić information content (AvgIpc) is 2.12. The first-order valence-electron chi connectivity index (χ1n) is 4.02. The highest BCUT2D eigenvalue weighted by Gasteiger charge is 2.13. The van der Waals surface area contributed by atoms with Gasteiger partial charge in [-0.25, -0.2) is 9.78 Å². The number of nitrogens with zero attached hydrogens (tertiary/aromatic N) is 3. The van der Waals surface area contributed by atoms with E-state index in [0.29, 0.717) is 5.82 Å². The first-order chi connectivity index (χ1) is 6.59. The van der Waals surface area contributed by atoms with Gasteiger partial charge < -0.3 is 4.57 Å². The highest BCUT2D eigenvalue weighted by molar-refractivity contribution is 5.48. The van der Waals surface area contributed by atoms with E-state index in [4.69, 9.17) is 0 Å². The lowest BCUT2D eigenvalue weighted by atomic mass is 10.3. The van der Waals surface area contributed by atoms with E-state index in [1.54, 1.807) is 17.8 Å². The fraction of sp³-hybridized carbons (Fsp3) is 0.250. The molecule has 6 heteroatoms. The van der Waals surface area contributed by atoms with E-state index in [1.165, 1.54) is 0 Å². The van der Waals surface area contributed by atoms with Crippen LogP contribution in [0.15, 0.2) is 15.8 Å². The minimum absolute atomic E-state index is 0.178. The van der Waals surface area contributed by atoms with Gasteiger partial charge in [0.2, 0.25) is 0 Å². The van der Waals surface area contributed by atoms with E-state index in [1.807, 2.05) is 6.92 Å². The molecule has 0 aromatic heterocycles. The molecule has 6 nitrogen and oxygen atoms in total. The molecule has 0 amide bonds. The van der Waals surface area contributed by atoms with E-state index in [9.17, 15) is 9.59 Å². The molecule has 0 unspecified atom stereocenters. The lowest BCUT2D eigenvalue weighted by Crippen LogP contribution is -2.28. The van der Waals surface area contributed by atoms with Crippen molar-refractivity contribution in [3.63, 3.8) is 0 Å². The summed E-state index contributed by atoms with van der Waals surface area (Å²) >= 11 is 0. The van der Waals surface area contributed by atoms with Crippen molar-refractivity contribution in [2.24, 2.45) is 7.05 Å². The predicted octanol–water partition coefficient (Wildman–Crippen LogP) is -0.723. The van der Waals surface area contributed by atoms with Crippen molar-refractivity contribution in [2.75, 3.05) is 0 Å². The number of nitrogens with one attached hydrogen (secondary N) is 1. The van der Waals surface area contributed by atoms with Crippen molar-refractivity contribution >= 4 is 0 Å². The number of rotatable bonds is 0. The third-order valence-electron chi connectivity index (χ3n) is 2.08. The molecule has 0 spiro atoms. The SMILES string of the molecule is Cc1cnc2c(=O)[nH]c(=O)nc-2n1C. The van der Waals surface area contributed by atoms with E-state index in [2.05, 4.69) is 15.0 Å². The molecule has 0 aromatic carbocycles. The maximum absolute atomic E-state index is 11.3. The number of aromatic nitrogens is 4. The summed E-state index contributed by atoms with van der Waals surface area (Å²) < 4.78 is 1.65. The highest BCUT2D eigenvalue weighted by atomic mass is 16.2. The molecular formula is C8H8N4O2. The van der Waals surface area contributed by atoms with Gasteiger partial charge in [-0.1, -0.05) is 0 Å². The predicted molar refractivity (Wildman–Crippen MR) is 49.3 cm³/mol. The molecule has 0 saturated heterocycles. The van der Waals surface area contributed by atoms with Crippen molar-refractivity contribution in [3.05, 3.63) is 32.7 Å². The second-order valence-electron chi connectivity index (χ2n) is 3.00. The Kier molecular flexibility index (Phi) is 1.70. The van der Waals surface area contributed by atoms with Crippen molar-refractivity contribution in [2.45, 2.75) is 6.92 Å². The summed E-state index contributed by atoms with van der Waals surface area (Å²) in [4.78, 5) is 31.9. The number of H-pyrrole nitrogens is 1. The molecule has 2 heterocycles. The Morgan fingerprint density at radius 2 is 2.14 bits per heavy atom. The maximum Gasteiger partial charge on any atom is 0.349 e. The van der Waals surface area contributed by atoms with Gasteiger partial charge in [0.15, 0.2) is 11.5 Å². The molecule has 14 heavy (non-hydrogen) atoms. The fourth-order valence-corrected chi connectivity index (χ4v) is 1.20. The van der Waals surface area contributed by atoms with Gasteiger partial charge in [0, 0.05) is 18.9 Å². The van der Waals surface area contributed by atoms with Crippen LogP contribution in [0.1, 0.15) is 5.69 Å². The van der Waals surface area contributed by atoms with Gasteiger partial charge in [0.25, 0.3) is 5.56 Å². The molecular weight excluding hydrogens is 184 g/mol. The van der Waals surface area contributed by atoms with Gasteiger partial charge in [0.05, 0.1) is 0 Å². The summed E-state index contributed by atoms with van der Waals surface area (Å²) in [7, 11) is 1.73. The van der Waals surface area contributed by atoms with Gasteiger partial charge in [0.1, 0.15) is 0 Å². The van der Waals surface area contributed by atoms with Gasteiger partial charge in [-0.2, -0.15) is 4.98 Å². The second-order valence-corrected chi connectivity index (χ2v) is 3.00. The van der Waals surface area contributed by atoms with E-state index in [-0.39, 0.29) is 5.69 Å². The van der Waals surface area contributed by atoms with Crippen LogP contribution in [0.4, 0.5) is 0 Å². The zero-order chi connectivity index (χ0) is 10.3. The largest absolute Gasteiger partial charge is 0.349 e. The van der Waals surface area contributed by atoms with Crippen LogP contribution < -0.4 is 11.2 Å². The highest BCUT2D eigenvalue weighted by Crippen LogP contribution is 2.09. The smallest absolute Gasteiger partial charge is 0.330 e. The molecule has 0 bridgehead atoms. The summed E-state index contributed by atoms with van der Waals surface area (Å²) in [5.41, 5.74) is -0.145. The third kappa shape index (κ3) is 1.12. The molecule has 2 aliphatic heterocycles. The molecule has 0 aromatic rings. The van der Waals surface area contributed by atoms with Crippen LogP contribution in [-0.2, 0) is 7.05 Å². The van der Waals surface area contributed by atoms with Crippen LogP contribution in [0.5, 0.6) is 0 Å². The molecule has 0 aliphatic carbocycles. The van der Waals surface area contributed by atoms with Crippen molar-refractivity contribution in [1.29, 1.82) is 0 Å². The zero-order valence-corrected chi connectivity index (χ0v) is 7.74. The lowest BCUT2D eigenvalue weighted by molar-refractivity contribution is 0.798. The van der Waals surface area contributed by atoms with Gasteiger partial charge >= 0.3 is 5.69 Å². The summed E-state index contributed by atoms with van der Waals surface area (Å²) in [6.07, 6.45) is 1.56. The van der Waals surface area contributed by atoms with E-state index < -0.39 is 11.2 Å². The van der Waals surface area contributed by atoms with Gasteiger partial charge in [-0.3, -0.25) is 9.78 Å². The molecule has 2 rings (SSSR count). The first kappa shape index (κ1) is 8.61. The lowest BCUT2D eigenvalue weighted by Gasteiger charge is -2.09. The molecule has 0 fully saturated rings. The van der Waals surface area contributed by atoms with E-state index in [0.717, 1.165) is 5.69 Å². The quantitative estimate of drug-likeness (QED) is 0.597. The van der Waals surface area contributed by atoms with Crippen molar-refractivity contribution < 1.29 is 0 Å². The van der Waals surface area contributed by atoms with E-state index >= 15 is 0 Å². The van der Waals surface area contributed by atoms with Crippen LogP contribution in [0.25, 0.3) is 11.5 Å². The Labute approximate surface area is 78.6 Å². The normalized spacial score (nSPS) is 10.7. The molecule has 2 aliphatic rings. The number of aryl methyl sites for hydroxylation is 1. The number of hydrogen-bond acceptors (Lipinski definition) is 4. The summed E-state index contributed by atoms with van der Waals surface area (Å²) in [5.74, 6) is 0.304. The van der Waals surface area contributed by atoms with Crippen LogP contribution in [-0.4, -0.2) is 19.5 Å².